The summed E-state index contributed by atoms with van der Waals surface area (Å²) in [5, 5.41) is 11.9. The van der Waals surface area contributed by atoms with Gasteiger partial charge >= 0.3 is 5.97 Å². The summed E-state index contributed by atoms with van der Waals surface area (Å²) in [5.41, 5.74) is 2.47. The minimum absolute atomic E-state index is 0.274. The van der Waals surface area contributed by atoms with Crippen molar-refractivity contribution in [3.8, 4) is 0 Å². The van der Waals surface area contributed by atoms with E-state index < -0.39 is 5.97 Å². The molecule has 0 aliphatic carbocycles. The van der Waals surface area contributed by atoms with Gasteiger partial charge < -0.3 is 15.2 Å². The van der Waals surface area contributed by atoms with Crippen LogP contribution in [-0.4, -0.2) is 24.7 Å². The van der Waals surface area contributed by atoms with Gasteiger partial charge in [-0.2, -0.15) is 0 Å². The molecule has 19 heavy (non-hydrogen) atoms. The Kier molecular flexibility index (Phi) is 7.86. The number of methoxy groups -OCH3 is 1. The van der Waals surface area contributed by atoms with E-state index in [9.17, 15) is 4.79 Å². The van der Waals surface area contributed by atoms with E-state index in [4.69, 9.17) is 9.84 Å². The third kappa shape index (κ3) is 6.94. The number of nitrogens with one attached hydrogen (secondary N) is 1. The first-order valence-electron chi connectivity index (χ1n) is 6.72. The smallest absolute Gasteiger partial charge is 0.303 e. The fourth-order valence-corrected chi connectivity index (χ4v) is 1.95. The van der Waals surface area contributed by atoms with Crippen LogP contribution < -0.4 is 5.32 Å². The molecule has 1 rings (SSSR count). The maximum absolute atomic E-state index is 10.3. The molecule has 0 amide bonds. The van der Waals surface area contributed by atoms with Crippen LogP contribution in [0.2, 0.25) is 0 Å². The van der Waals surface area contributed by atoms with Crippen LogP contribution >= 0.6 is 0 Å². The first-order chi connectivity index (χ1) is 9.24. The van der Waals surface area contributed by atoms with E-state index in [0.29, 0.717) is 6.61 Å². The topological polar surface area (TPSA) is 58.6 Å². The highest BCUT2D eigenvalue weighted by atomic mass is 16.5. The van der Waals surface area contributed by atoms with Crippen molar-refractivity contribution >= 4 is 5.97 Å². The predicted octanol–water partition coefficient (Wildman–Crippen LogP) is 2.57. The van der Waals surface area contributed by atoms with E-state index in [1.807, 2.05) is 12.1 Å². The lowest BCUT2D eigenvalue weighted by atomic mass is 10.1. The van der Waals surface area contributed by atoms with Crippen LogP contribution in [0.1, 0.15) is 36.8 Å². The molecular weight excluding hydrogens is 242 g/mol. The molecule has 4 heteroatoms. The number of ether oxygens (including phenoxy) is 1. The van der Waals surface area contributed by atoms with Crippen molar-refractivity contribution in [1.29, 1.82) is 0 Å². The molecule has 0 spiro atoms. The lowest BCUT2D eigenvalue weighted by Crippen LogP contribution is -2.16. The van der Waals surface area contributed by atoms with Crippen LogP contribution in [0.3, 0.4) is 0 Å². The van der Waals surface area contributed by atoms with Crippen LogP contribution in [0.15, 0.2) is 24.3 Å². The summed E-state index contributed by atoms with van der Waals surface area (Å²) in [6, 6.07) is 8.23. The maximum Gasteiger partial charge on any atom is 0.303 e. The minimum Gasteiger partial charge on any atom is -0.481 e. The molecule has 0 atom stereocenters. The van der Waals surface area contributed by atoms with Crippen molar-refractivity contribution in [3.05, 3.63) is 35.4 Å². The number of hydrogen-bond donors (Lipinski definition) is 2. The average molecular weight is 265 g/mol. The minimum atomic E-state index is -0.707. The third-order valence-corrected chi connectivity index (χ3v) is 2.98. The highest BCUT2D eigenvalue weighted by molar-refractivity contribution is 5.66. The number of benzene rings is 1. The van der Waals surface area contributed by atoms with Gasteiger partial charge in [0.05, 0.1) is 6.61 Å². The summed E-state index contributed by atoms with van der Waals surface area (Å²) < 4.78 is 5.17. The zero-order chi connectivity index (χ0) is 13.9. The monoisotopic (exact) mass is 265 g/mol. The maximum atomic E-state index is 10.3. The molecule has 0 aliphatic rings. The van der Waals surface area contributed by atoms with Gasteiger partial charge in [-0.1, -0.05) is 30.7 Å². The van der Waals surface area contributed by atoms with E-state index in [1.54, 1.807) is 7.11 Å². The van der Waals surface area contributed by atoms with Gasteiger partial charge in [-0.3, -0.25) is 4.79 Å². The molecule has 0 unspecified atom stereocenters. The van der Waals surface area contributed by atoms with Crippen LogP contribution in [0.25, 0.3) is 0 Å². The largest absolute Gasteiger partial charge is 0.481 e. The highest BCUT2D eigenvalue weighted by Crippen LogP contribution is 2.09. The van der Waals surface area contributed by atoms with Crippen molar-refractivity contribution in [2.24, 2.45) is 0 Å². The summed E-state index contributed by atoms with van der Waals surface area (Å²) in [5.74, 6) is -0.707. The SMILES string of the molecule is COCc1ccccc1CNCCCCCC(=O)O. The molecular formula is C15H23NO3. The summed E-state index contributed by atoms with van der Waals surface area (Å²) in [7, 11) is 1.70. The van der Waals surface area contributed by atoms with Gasteiger partial charge in [-0.15, -0.1) is 0 Å². The van der Waals surface area contributed by atoms with Gasteiger partial charge in [0.1, 0.15) is 0 Å². The Morgan fingerprint density at radius 3 is 2.63 bits per heavy atom. The first kappa shape index (κ1) is 15.7. The Bertz CT molecular complexity index is 379. The molecule has 0 bridgehead atoms. The van der Waals surface area contributed by atoms with Gasteiger partial charge in [0.25, 0.3) is 0 Å². The highest BCUT2D eigenvalue weighted by Gasteiger charge is 2.01. The molecule has 0 heterocycles. The Labute approximate surface area is 114 Å². The standard InChI is InChI=1S/C15H23NO3/c1-19-12-14-8-5-4-7-13(14)11-16-10-6-2-3-9-15(17)18/h4-5,7-8,16H,2-3,6,9-12H2,1H3,(H,17,18). The Balaban J connectivity index is 2.17. The molecule has 0 radical (unpaired) electrons. The van der Waals surface area contributed by atoms with Gasteiger partial charge in [0, 0.05) is 20.1 Å². The van der Waals surface area contributed by atoms with Crippen molar-refractivity contribution in [3.63, 3.8) is 0 Å². The van der Waals surface area contributed by atoms with Crippen molar-refractivity contribution in [1.82, 2.24) is 5.32 Å². The molecule has 0 saturated carbocycles. The second-order valence-corrected chi connectivity index (χ2v) is 4.58. The molecule has 106 valence electrons. The Morgan fingerprint density at radius 1 is 1.21 bits per heavy atom. The molecule has 1 aromatic carbocycles. The number of hydrogen-bond acceptors (Lipinski definition) is 3. The van der Waals surface area contributed by atoms with Crippen LogP contribution in [-0.2, 0) is 22.7 Å². The van der Waals surface area contributed by atoms with E-state index in [0.717, 1.165) is 32.4 Å². The van der Waals surface area contributed by atoms with Gasteiger partial charge in [0.15, 0.2) is 0 Å². The normalized spacial score (nSPS) is 10.6. The Morgan fingerprint density at radius 2 is 1.95 bits per heavy atom. The van der Waals surface area contributed by atoms with E-state index in [-0.39, 0.29) is 6.42 Å². The zero-order valence-corrected chi connectivity index (χ0v) is 11.5. The lowest BCUT2D eigenvalue weighted by Gasteiger charge is -2.09. The fraction of sp³-hybridized carbons (Fsp3) is 0.533. The second kappa shape index (κ2) is 9.53. The Hall–Kier alpha value is -1.39. The second-order valence-electron chi connectivity index (χ2n) is 4.58. The number of aliphatic carboxylic acids is 1. The van der Waals surface area contributed by atoms with Crippen LogP contribution in [0, 0.1) is 0 Å². The summed E-state index contributed by atoms with van der Waals surface area (Å²) >= 11 is 0. The van der Waals surface area contributed by atoms with Gasteiger partial charge in [0.2, 0.25) is 0 Å². The van der Waals surface area contributed by atoms with Crippen molar-refractivity contribution in [2.45, 2.75) is 38.8 Å². The summed E-state index contributed by atoms with van der Waals surface area (Å²) in [6.07, 6.45) is 3.01. The van der Waals surface area contributed by atoms with Crippen LogP contribution in [0.4, 0.5) is 0 Å². The average Bonchev–Trinajstić information content (AvgIpc) is 2.39. The predicted molar refractivity (Wildman–Crippen MR) is 75.0 cm³/mol. The number of carboxylic acids is 1. The summed E-state index contributed by atoms with van der Waals surface area (Å²) in [4.78, 5) is 10.3. The van der Waals surface area contributed by atoms with Crippen LogP contribution in [0.5, 0.6) is 0 Å². The number of carboxylic acid groups (broad SMARTS) is 1. The van der Waals surface area contributed by atoms with Gasteiger partial charge in [-0.25, -0.2) is 0 Å². The molecule has 2 N–H and O–H groups in total. The molecule has 0 aliphatic heterocycles. The van der Waals surface area contributed by atoms with Gasteiger partial charge in [-0.05, 0) is 30.5 Å². The van der Waals surface area contributed by atoms with Crippen molar-refractivity contribution in [2.75, 3.05) is 13.7 Å². The lowest BCUT2D eigenvalue weighted by molar-refractivity contribution is -0.137. The summed E-state index contributed by atoms with van der Waals surface area (Å²) in [6.45, 7) is 2.38. The van der Waals surface area contributed by atoms with E-state index >= 15 is 0 Å². The number of carbonyl (C=O) groups is 1. The molecule has 0 aromatic heterocycles. The fourth-order valence-electron chi connectivity index (χ4n) is 1.95. The zero-order valence-electron chi connectivity index (χ0n) is 11.5. The number of rotatable bonds is 10. The van der Waals surface area contributed by atoms with Crippen molar-refractivity contribution < 1.29 is 14.6 Å². The van der Waals surface area contributed by atoms with E-state index in [1.165, 1.54) is 11.1 Å². The molecule has 0 saturated heterocycles. The molecule has 4 nitrogen and oxygen atoms in total. The van der Waals surface area contributed by atoms with E-state index in [2.05, 4.69) is 17.4 Å². The number of unbranched alkanes of at least 4 members (excludes halogenated alkanes) is 2. The molecule has 1 aromatic rings. The first-order valence-corrected chi connectivity index (χ1v) is 6.72. The molecule has 0 fully saturated rings. The quantitative estimate of drug-likeness (QED) is 0.638. The third-order valence-electron chi connectivity index (χ3n) is 2.98.